The zero-order valence-corrected chi connectivity index (χ0v) is 14.1. The summed E-state index contributed by atoms with van der Waals surface area (Å²) in [5.41, 5.74) is 2.85. The molecule has 0 radical (unpaired) electrons. The normalized spacial score (nSPS) is 11.4. The van der Waals surface area contributed by atoms with Crippen molar-refractivity contribution in [1.29, 1.82) is 0 Å². The van der Waals surface area contributed by atoms with Gasteiger partial charge in [0.15, 0.2) is 0 Å². The molecule has 1 N–H and O–H groups in total. The van der Waals surface area contributed by atoms with Gasteiger partial charge < -0.3 is 0 Å². The maximum Gasteiger partial charge on any atom is 0.216 e. The maximum absolute atomic E-state index is 12.9. The number of nitrogens with one attached hydrogen (secondary N) is 1. The minimum Gasteiger partial charge on any atom is -0.265 e. The third-order valence-electron chi connectivity index (χ3n) is 3.60. The number of sulfonamides is 1. The van der Waals surface area contributed by atoms with E-state index in [2.05, 4.69) is 14.7 Å². The van der Waals surface area contributed by atoms with E-state index >= 15 is 0 Å². The van der Waals surface area contributed by atoms with Crippen LogP contribution in [0.1, 0.15) is 11.1 Å². The molecule has 0 unspecified atom stereocenters. The molecule has 0 aliphatic rings. The summed E-state index contributed by atoms with van der Waals surface area (Å²) >= 11 is 0. The summed E-state index contributed by atoms with van der Waals surface area (Å²) in [6.45, 7) is 0.120. The Morgan fingerprint density at radius 2 is 1.68 bits per heavy atom. The highest BCUT2D eigenvalue weighted by molar-refractivity contribution is 7.88. The standard InChI is InChI=1S/C18H16FN3O2S/c19-17-5-3-14(4-6-17)13-25(23,24)22-12-16-2-1-9-21-18(16)15-7-10-20-11-8-15/h1-11,22H,12-13H2. The Morgan fingerprint density at radius 3 is 2.40 bits per heavy atom. The fourth-order valence-corrected chi connectivity index (χ4v) is 3.50. The number of halogens is 1. The Labute approximate surface area is 145 Å². The lowest BCUT2D eigenvalue weighted by Crippen LogP contribution is -2.25. The molecule has 0 saturated heterocycles. The van der Waals surface area contributed by atoms with Gasteiger partial charge in [-0.3, -0.25) is 9.97 Å². The summed E-state index contributed by atoms with van der Waals surface area (Å²) in [4.78, 5) is 8.31. The Balaban J connectivity index is 1.74. The molecule has 3 rings (SSSR count). The van der Waals surface area contributed by atoms with Gasteiger partial charge in [-0.05, 0) is 41.5 Å². The average Bonchev–Trinajstić information content (AvgIpc) is 2.63. The SMILES string of the molecule is O=S(=O)(Cc1ccc(F)cc1)NCc1cccnc1-c1ccncc1. The van der Waals surface area contributed by atoms with Crippen molar-refractivity contribution in [2.75, 3.05) is 0 Å². The van der Waals surface area contributed by atoms with Crippen molar-refractivity contribution in [2.45, 2.75) is 12.3 Å². The van der Waals surface area contributed by atoms with Crippen molar-refractivity contribution in [3.63, 3.8) is 0 Å². The van der Waals surface area contributed by atoms with Crippen LogP contribution in [0.25, 0.3) is 11.3 Å². The van der Waals surface area contributed by atoms with Crippen molar-refractivity contribution in [3.8, 4) is 11.3 Å². The number of benzene rings is 1. The highest BCUT2D eigenvalue weighted by Crippen LogP contribution is 2.20. The Hall–Kier alpha value is -2.64. The van der Waals surface area contributed by atoms with E-state index < -0.39 is 15.8 Å². The van der Waals surface area contributed by atoms with Gasteiger partial charge in [-0.1, -0.05) is 18.2 Å². The van der Waals surface area contributed by atoms with E-state index in [0.29, 0.717) is 11.3 Å². The predicted molar refractivity (Wildman–Crippen MR) is 93.3 cm³/mol. The molecule has 2 heterocycles. The fourth-order valence-electron chi connectivity index (χ4n) is 2.39. The molecule has 128 valence electrons. The molecular formula is C18H16FN3O2S. The van der Waals surface area contributed by atoms with Crippen LogP contribution >= 0.6 is 0 Å². The van der Waals surface area contributed by atoms with Gasteiger partial charge in [0.1, 0.15) is 5.82 Å². The lowest BCUT2D eigenvalue weighted by molar-refractivity contribution is 0.580. The number of nitrogens with zero attached hydrogens (tertiary/aromatic N) is 2. The van der Waals surface area contributed by atoms with Gasteiger partial charge in [-0.25, -0.2) is 17.5 Å². The van der Waals surface area contributed by atoms with Gasteiger partial charge in [0.25, 0.3) is 0 Å². The van der Waals surface area contributed by atoms with E-state index in [0.717, 1.165) is 11.1 Å². The fraction of sp³-hybridized carbons (Fsp3) is 0.111. The average molecular weight is 357 g/mol. The molecular weight excluding hydrogens is 341 g/mol. The van der Waals surface area contributed by atoms with Gasteiger partial charge in [-0.2, -0.15) is 0 Å². The molecule has 0 amide bonds. The molecule has 0 atom stereocenters. The minimum atomic E-state index is -3.56. The second-order valence-corrected chi connectivity index (χ2v) is 7.26. The van der Waals surface area contributed by atoms with Crippen LogP contribution < -0.4 is 4.72 Å². The van der Waals surface area contributed by atoms with Crippen LogP contribution in [-0.4, -0.2) is 18.4 Å². The summed E-state index contributed by atoms with van der Waals surface area (Å²) in [6, 6.07) is 12.6. The maximum atomic E-state index is 12.9. The predicted octanol–water partition coefficient (Wildman–Crippen LogP) is 2.90. The van der Waals surface area contributed by atoms with Gasteiger partial charge in [0.2, 0.25) is 10.0 Å². The molecule has 0 bridgehead atoms. The number of hydrogen-bond acceptors (Lipinski definition) is 4. The number of rotatable bonds is 6. The molecule has 0 aliphatic carbocycles. The van der Waals surface area contributed by atoms with Gasteiger partial charge >= 0.3 is 0 Å². The molecule has 1 aromatic carbocycles. The lowest BCUT2D eigenvalue weighted by Gasteiger charge is -2.10. The van der Waals surface area contributed by atoms with E-state index in [1.807, 2.05) is 18.2 Å². The molecule has 2 aromatic heterocycles. The smallest absolute Gasteiger partial charge is 0.216 e. The highest BCUT2D eigenvalue weighted by atomic mass is 32.2. The topological polar surface area (TPSA) is 72.0 Å². The van der Waals surface area contributed by atoms with Crippen LogP contribution in [0.5, 0.6) is 0 Å². The van der Waals surface area contributed by atoms with Crippen molar-refractivity contribution >= 4 is 10.0 Å². The molecule has 0 spiro atoms. The molecule has 0 saturated carbocycles. The minimum absolute atomic E-state index is 0.120. The van der Waals surface area contributed by atoms with E-state index in [1.54, 1.807) is 24.7 Å². The Morgan fingerprint density at radius 1 is 0.960 bits per heavy atom. The van der Waals surface area contributed by atoms with Crippen LogP contribution in [0.15, 0.2) is 67.1 Å². The second-order valence-electron chi connectivity index (χ2n) is 5.45. The van der Waals surface area contributed by atoms with Crippen molar-refractivity contribution in [3.05, 3.63) is 84.1 Å². The van der Waals surface area contributed by atoms with E-state index in [1.165, 1.54) is 24.3 Å². The summed E-state index contributed by atoms with van der Waals surface area (Å²) in [5.74, 6) is -0.607. The van der Waals surface area contributed by atoms with Crippen molar-refractivity contribution in [1.82, 2.24) is 14.7 Å². The Kier molecular flexibility index (Phi) is 5.16. The molecule has 5 nitrogen and oxygen atoms in total. The summed E-state index contributed by atoms with van der Waals surface area (Å²) in [7, 11) is -3.56. The van der Waals surface area contributed by atoms with Crippen LogP contribution in [-0.2, 0) is 22.3 Å². The molecule has 3 aromatic rings. The molecule has 0 aliphatic heterocycles. The second kappa shape index (κ2) is 7.50. The van der Waals surface area contributed by atoms with E-state index in [9.17, 15) is 12.8 Å². The quantitative estimate of drug-likeness (QED) is 0.736. The van der Waals surface area contributed by atoms with Crippen LogP contribution in [0.2, 0.25) is 0 Å². The van der Waals surface area contributed by atoms with Crippen LogP contribution in [0, 0.1) is 5.82 Å². The number of aromatic nitrogens is 2. The zero-order chi connectivity index (χ0) is 17.7. The summed E-state index contributed by atoms with van der Waals surface area (Å²) < 4.78 is 40.0. The third-order valence-corrected chi connectivity index (χ3v) is 4.90. The summed E-state index contributed by atoms with van der Waals surface area (Å²) in [6.07, 6.45) is 4.98. The third kappa shape index (κ3) is 4.68. The molecule has 25 heavy (non-hydrogen) atoms. The van der Waals surface area contributed by atoms with Crippen molar-refractivity contribution < 1.29 is 12.8 Å². The van der Waals surface area contributed by atoms with Crippen molar-refractivity contribution in [2.24, 2.45) is 0 Å². The van der Waals surface area contributed by atoms with Gasteiger partial charge in [0, 0.05) is 30.7 Å². The van der Waals surface area contributed by atoms with Gasteiger partial charge in [0.05, 0.1) is 11.4 Å². The summed E-state index contributed by atoms with van der Waals surface area (Å²) in [5, 5.41) is 0. The molecule has 0 fully saturated rings. The first kappa shape index (κ1) is 17.2. The van der Waals surface area contributed by atoms with E-state index in [-0.39, 0.29) is 12.3 Å². The molecule has 7 heteroatoms. The largest absolute Gasteiger partial charge is 0.265 e. The highest BCUT2D eigenvalue weighted by Gasteiger charge is 2.13. The zero-order valence-electron chi connectivity index (χ0n) is 13.3. The first-order valence-corrected chi connectivity index (χ1v) is 9.25. The van der Waals surface area contributed by atoms with Crippen LogP contribution in [0.3, 0.4) is 0 Å². The van der Waals surface area contributed by atoms with E-state index in [4.69, 9.17) is 0 Å². The van der Waals surface area contributed by atoms with Crippen LogP contribution in [0.4, 0.5) is 4.39 Å². The lowest BCUT2D eigenvalue weighted by atomic mass is 10.1. The van der Waals surface area contributed by atoms with Gasteiger partial charge in [-0.15, -0.1) is 0 Å². The Bertz CT molecular complexity index is 946. The monoisotopic (exact) mass is 357 g/mol. The number of hydrogen-bond donors (Lipinski definition) is 1. The first-order chi connectivity index (χ1) is 12.0. The number of pyridine rings is 2. The first-order valence-electron chi connectivity index (χ1n) is 7.59.